The fourth-order valence-corrected chi connectivity index (χ4v) is 2.23. The van der Waals surface area contributed by atoms with Crippen molar-refractivity contribution in [3.05, 3.63) is 0 Å². The third-order valence-corrected chi connectivity index (χ3v) is 3.54. The molecule has 6 nitrogen and oxygen atoms in total. The van der Waals surface area contributed by atoms with Crippen LogP contribution in [0.4, 0.5) is 9.59 Å². The lowest BCUT2D eigenvalue weighted by atomic mass is 9.96. The minimum absolute atomic E-state index is 0.384. The zero-order chi connectivity index (χ0) is 14.4. The van der Waals surface area contributed by atoms with E-state index in [1.807, 2.05) is 6.92 Å². The number of amides is 2. The molecule has 0 radical (unpaired) electrons. The van der Waals surface area contributed by atoms with Gasteiger partial charge in [0.25, 0.3) is 0 Å². The SMILES string of the molecule is CCCCOC(=O)N(C)C1CC(C)CCN1C(=O)O. The first-order chi connectivity index (χ1) is 8.97. The molecule has 1 aliphatic rings. The summed E-state index contributed by atoms with van der Waals surface area (Å²) in [6.45, 7) is 4.94. The van der Waals surface area contributed by atoms with Crippen molar-refractivity contribution < 1.29 is 19.4 Å². The van der Waals surface area contributed by atoms with Crippen molar-refractivity contribution in [2.75, 3.05) is 20.2 Å². The van der Waals surface area contributed by atoms with Gasteiger partial charge in [-0.15, -0.1) is 0 Å². The highest BCUT2D eigenvalue weighted by molar-refractivity contribution is 5.70. The van der Waals surface area contributed by atoms with Crippen LogP contribution in [0.1, 0.15) is 39.5 Å². The monoisotopic (exact) mass is 272 g/mol. The van der Waals surface area contributed by atoms with E-state index >= 15 is 0 Å². The number of hydrogen-bond acceptors (Lipinski definition) is 3. The molecule has 1 saturated heterocycles. The van der Waals surface area contributed by atoms with Gasteiger partial charge >= 0.3 is 12.2 Å². The molecule has 0 spiro atoms. The normalized spacial score (nSPS) is 23.0. The molecule has 2 unspecified atom stereocenters. The van der Waals surface area contributed by atoms with Gasteiger partial charge in [-0.1, -0.05) is 20.3 Å². The van der Waals surface area contributed by atoms with E-state index in [0.717, 1.165) is 19.3 Å². The smallest absolute Gasteiger partial charge is 0.411 e. The molecule has 0 aliphatic carbocycles. The lowest BCUT2D eigenvalue weighted by Crippen LogP contribution is -2.54. The molecule has 1 aliphatic heterocycles. The van der Waals surface area contributed by atoms with Crippen molar-refractivity contribution in [1.29, 1.82) is 0 Å². The molecule has 2 amide bonds. The van der Waals surface area contributed by atoms with Gasteiger partial charge in [0.2, 0.25) is 0 Å². The standard InChI is InChI=1S/C13H24N2O4/c1-4-5-8-19-13(18)14(3)11-9-10(2)6-7-15(11)12(16)17/h10-11H,4-9H2,1-3H3,(H,16,17). The molecular formula is C13H24N2O4. The van der Waals surface area contributed by atoms with Crippen LogP contribution < -0.4 is 0 Å². The molecule has 0 aromatic rings. The molecule has 0 aromatic heterocycles. The van der Waals surface area contributed by atoms with Crippen molar-refractivity contribution in [2.45, 2.75) is 45.7 Å². The topological polar surface area (TPSA) is 70.1 Å². The number of carbonyl (C=O) groups excluding carboxylic acids is 1. The number of ether oxygens (including phenoxy) is 1. The fraction of sp³-hybridized carbons (Fsp3) is 0.846. The van der Waals surface area contributed by atoms with Crippen LogP contribution in [0.15, 0.2) is 0 Å². The van der Waals surface area contributed by atoms with Gasteiger partial charge in [-0.25, -0.2) is 9.59 Å². The Morgan fingerprint density at radius 2 is 2.16 bits per heavy atom. The van der Waals surface area contributed by atoms with Crippen molar-refractivity contribution in [3.63, 3.8) is 0 Å². The summed E-state index contributed by atoms with van der Waals surface area (Å²) in [6, 6.07) is 0. The highest BCUT2D eigenvalue weighted by Gasteiger charge is 2.35. The third kappa shape index (κ3) is 4.29. The summed E-state index contributed by atoms with van der Waals surface area (Å²) in [5, 5.41) is 9.19. The maximum absolute atomic E-state index is 11.9. The third-order valence-electron chi connectivity index (χ3n) is 3.54. The highest BCUT2D eigenvalue weighted by atomic mass is 16.6. The Morgan fingerprint density at radius 1 is 1.47 bits per heavy atom. The van der Waals surface area contributed by atoms with Crippen LogP contribution in [0.3, 0.4) is 0 Å². The number of rotatable bonds is 4. The molecule has 1 N–H and O–H groups in total. The Balaban J connectivity index is 2.62. The Morgan fingerprint density at radius 3 is 2.74 bits per heavy atom. The number of carbonyl (C=O) groups is 2. The summed E-state index contributed by atoms with van der Waals surface area (Å²) in [5.74, 6) is 0.409. The maximum atomic E-state index is 11.9. The molecule has 0 bridgehead atoms. The lowest BCUT2D eigenvalue weighted by molar-refractivity contribution is 0.0128. The van der Waals surface area contributed by atoms with E-state index < -0.39 is 18.4 Å². The van der Waals surface area contributed by atoms with Gasteiger partial charge in [-0.05, 0) is 25.2 Å². The molecule has 1 rings (SSSR count). The summed E-state index contributed by atoms with van der Waals surface area (Å²) < 4.78 is 5.13. The van der Waals surface area contributed by atoms with E-state index in [9.17, 15) is 14.7 Å². The molecule has 1 heterocycles. The second-order valence-corrected chi connectivity index (χ2v) is 5.16. The van der Waals surface area contributed by atoms with E-state index in [0.29, 0.717) is 25.5 Å². The van der Waals surface area contributed by atoms with Crippen molar-refractivity contribution >= 4 is 12.2 Å². The van der Waals surface area contributed by atoms with Crippen molar-refractivity contribution in [3.8, 4) is 0 Å². The Labute approximate surface area is 114 Å². The minimum Gasteiger partial charge on any atom is -0.465 e. The van der Waals surface area contributed by atoms with Gasteiger partial charge in [0.05, 0.1) is 6.61 Å². The van der Waals surface area contributed by atoms with Crippen molar-refractivity contribution in [2.24, 2.45) is 5.92 Å². The number of piperidine rings is 1. The molecule has 1 fully saturated rings. The maximum Gasteiger partial charge on any atom is 0.411 e. The second kappa shape index (κ2) is 7.21. The van der Waals surface area contributed by atoms with Crippen molar-refractivity contribution in [1.82, 2.24) is 9.80 Å². The molecule has 110 valence electrons. The van der Waals surface area contributed by atoms with Crippen LogP contribution in [0.25, 0.3) is 0 Å². The molecular weight excluding hydrogens is 248 g/mol. The van der Waals surface area contributed by atoms with Gasteiger partial charge < -0.3 is 9.84 Å². The zero-order valence-corrected chi connectivity index (χ0v) is 12.0. The Bertz CT molecular complexity index is 322. The largest absolute Gasteiger partial charge is 0.465 e. The number of nitrogens with zero attached hydrogens (tertiary/aromatic N) is 2. The van der Waals surface area contributed by atoms with E-state index in [1.165, 1.54) is 9.80 Å². The Kier molecular flexibility index (Phi) is 5.92. The Hall–Kier alpha value is -1.46. The van der Waals surface area contributed by atoms with Gasteiger partial charge in [0.1, 0.15) is 6.17 Å². The number of hydrogen-bond donors (Lipinski definition) is 1. The number of likely N-dealkylation sites (tertiary alicyclic amines) is 1. The van der Waals surface area contributed by atoms with Gasteiger partial charge in [0.15, 0.2) is 0 Å². The molecule has 0 aromatic carbocycles. The van der Waals surface area contributed by atoms with Gasteiger partial charge in [0, 0.05) is 13.6 Å². The summed E-state index contributed by atoms with van der Waals surface area (Å²) in [5.41, 5.74) is 0. The van der Waals surface area contributed by atoms with Crippen LogP contribution in [-0.4, -0.2) is 53.5 Å². The fourth-order valence-electron chi connectivity index (χ4n) is 2.23. The van der Waals surface area contributed by atoms with Crippen LogP contribution in [0.2, 0.25) is 0 Å². The zero-order valence-electron chi connectivity index (χ0n) is 12.0. The summed E-state index contributed by atoms with van der Waals surface area (Å²) in [4.78, 5) is 25.8. The van der Waals surface area contributed by atoms with Gasteiger partial charge in [-0.2, -0.15) is 0 Å². The van der Waals surface area contributed by atoms with Gasteiger partial charge in [-0.3, -0.25) is 9.80 Å². The van der Waals surface area contributed by atoms with E-state index in [-0.39, 0.29) is 0 Å². The molecule has 0 saturated carbocycles. The van der Waals surface area contributed by atoms with Crippen LogP contribution in [0.5, 0.6) is 0 Å². The second-order valence-electron chi connectivity index (χ2n) is 5.16. The first kappa shape index (κ1) is 15.6. The average molecular weight is 272 g/mol. The van der Waals surface area contributed by atoms with E-state index in [4.69, 9.17) is 4.74 Å². The number of carboxylic acid groups (broad SMARTS) is 1. The first-order valence-electron chi connectivity index (χ1n) is 6.86. The predicted octanol–water partition coefficient (Wildman–Crippen LogP) is 2.59. The average Bonchev–Trinajstić information content (AvgIpc) is 2.37. The predicted molar refractivity (Wildman–Crippen MR) is 70.9 cm³/mol. The summed E-state index contributed by atoms with van der Waals surface area (Å²) in [7, 11) is 1.60. The van der Waals surface area contributed by atoms with Crippen LogP contribution >= 0.6 is 0 Å². The quantitative estimate of drug-likeness (QED) is 0.798. The van der Waals surface area contributed by atoms with E-state index in [1.54, 1.807) is 7.05 Å². The number of unbranched alkanes of at least 4 members (excludes halogenated alkanes) is 1. The van der Waals surface area contributed by atoms with E-state index in [2.05, 4.69) is 6.92 Å². The molecule has 6 heteroatoms. The lowest BCUT2D eigenvalue weighted by Gasteiger charge is -2.40. The first-order valence-corrected chi connectivity index (χ1v) is 6.86. The highest BCUT2D eigenvalue weighted by Crippen LogP contribution is 2.24. The summed E-state index contributed by atoms with van der Waals surface area (Å²) in [6.07, 6.45) is 1.43. The van der Waals surface area contributed by atoms with Crippen LogP contribution in [-0.2, 0) is 4.74 Å². The summed E-state index contributed by atoms with van der Waals surface area (Å²) >= 11 is 0. The molecule has 19 heavy (non-hydrogen) atoms. The van der Waals surface area contributed by atoms with Crippen LogP contribution in [0, 0.1) is 5.92 Å². The molecule has 2 atom stereocenters. The minimum atomic E-state index is -0.981.